The van der Waals surface area contributed by atoms with Crippen LogP contribution in [0.4, 0.5) is 0 Å². The molecule has 29 heavy (non-hydrogen) atoms. The Bertz CT molecular complexity index is 726. The number of ketones is 1. The third-order valence-electron chi connectivity index (χ3n) is 5.02. The normalized spacial score (nSPS) is 16.1. The minimum atomic E-state index is -0.0486. The van der Waals surface area contributed by atoms with E-state index in [-0.39, 0.29) is 18.3 Å². The molecule has 0 spiro atoms. The van der Waals surface area contributed by atoms with Gasteiger partial charge in [0.15, 0.2) is 23.9 Å². The average Bonchev–Trinajstić information content (AvgIpc) is 2.71. The number of nitrogens with zero attached hydrogens (tertiary/aromatic N) is 2. The van der Waals surface area contributed by atoms with Crippen LogP contribution in [0.15, 0.2) is 23.8 Å². The van der Waals surface area contributed by atoms with Gasteiger partial charge in [0.25, 0.3) is 5.91 Å². The van der Waals surface area contributed by atoms with Crippen LogP contribution in [0.3, 0.4) is 0 Å². The minimum absolute atomic E-state index is 0.0212. The Balaban J connectivity index is 2.15. The molecule has 0 saturated carbocycles. The summed E-state index contributed by atoms with van der Waals surface area (Å²) in [4.78, 5) is 28.6. The molecule has 1 heterocycles. The number of likely N-dealkylation sites (tertiary alicyclic amines) is 1. The van der Waals surface area contributed by atoms with Gasteiger partial charge in [-0.2, -0.15) is 0 Å². The standard InChI is InChI=1S/C23H34N2O4/c1-5-12-24-13-11-20(26)19(16-24)14-18-9-10-21(22(15-18)28-8-4)29-17-23(27)25(6-2)7-3/h9-10,14-15H,5-8,11-13,16-17H2,1-4H3/b19-14+. The molecule has 2 rings (SSSR count). The first kappa shape index (κ1) is 22.9. The fourth-order valence-corrected chi connectivity index (χ4v) is 3.47. The van der Waals surface area contributed by atoms with Crippen molar-refractivity contribution in [2.75, 3.05) is 45.9 Å². The molecular weight excluding hydrogens is 368 g/mol. The maximum absolute atomic E-state index is 12.3. The maximum Gasteiger partial charge on any atom is 0.260 e. The Morgan fingerprint density at radius 2 is 1.90 bits per heavy atom. The van der Waals surface area contributed by atoms with Crippen molar-refractivity contribution in [2.24, 2.45) is 0 Å². The van der Waals surface area contributed by atoms with Gasteiger partial charge >= 0.3 is 0 Å². The van der Waals surface area contributed by atoms with Crippen molar-refractivity contribution in [1.29, 1.82) is 0 Å². The van der Waals surface area contributed by atoms with E-state index in [1.54, 1.807) is 4.90 Å². The highest BCUT2D eigenvalue weighted by atomic mass is 16.5. The van der Waals surface area contributed by atoms with Crippen molar-refractivity contribution in [2.45, 2.75) is 40.5 Å². The van der Waals surface area contributed by atoms with Gasteiger partial charge in [0.2, 0.25) is 0 Å². The second-order valence-electron chi connectivity index (χ2n) is 7.11. The van der Waals surface area contributed by atoms with Crippen molar-refractivity contribution in [3.05, 3.63) is 29.3 Å². The van der Waals surface area contributed by atoms with Crippen LogP contribution in [0.1, 0.15) is 46.1 Å². The Morgan fingerprint density at radius 3 is 2.55 bits per heavy atom. The van der Waals surface area contributed by atoms with Crippen LogP contribution < -0.4 is 9.47 Å². The molecular formula is C23H34N2O4. The highest BCUT2D eigenvalue weighted by molar-refractivity contribution is 6.00. The molecule has 160 valence electrons. The predicted octanol–water partition coefficient (Wildman–Crippen LogP) is 3.40. The molecule has 6 heteroatoms. The fourth-order valence-electron chi connectivity index (χ4n) is 3.47. The van der Waals surface area contributed by atoms with Crippen LogP contribution in [0, 0.1) is 0 Å². The maximum atomic E-state index is 12.3. The zero-order chi connectivity index (χ0) is 21.2. The van der Waals surface area contributed by atoms with Gasteiger partial charge in [-0.15, -0.1) is 0 Å². The lowest BCUT2D eigenvalue weighted by Crippen LogP contribution is -2.36. The number of amides is 1. The zero-order valence-electron chi connectivity index (χ0n) is 18.2. The third-order valence-corrected chi connectivity index (χ3v) is 5.02. The summed E-state index contributed by atoms with van der Waals surface area (Å²) in [7, 11) is 0. The summed E-state index contributed by atoms with van der Waals surface area (Å²) in [5.74, 6) is 1.29. The van der Waals surface area contributed by atoms with Crippen LogP contribution >= 0.6 is 0 Å². The molecule has 0 atom stereocenters. The number of hydrogen-bond acceptors (Lipinski definition) is 5. The molecule has 0 aliphatic carbocycles. The highest BCUT2D eigenvalue weighted by Gasteiger charge is 2.21. The molecule has 1 aromatic carbocycles. The Hall–Kier alpha value is -2.34. The van der Waals surface area contributed by atoms with E-state index in [0.29, 0.717) is 44.2 Å². The van der Waals surface area contributed by atoms with Gasteiger partial charge in [-0.3, -0.25) is 14.5 Å². The summed E-state index contributed by atoms with van der Waals surface area (Å²) < 4.78 is 11.5. The minimum Gasteiger partial charge on any atom is -0.490 e. The van der Waals surface area contributed by atoms with Crippen LogP contribution in [-0.4, -0.2) is 67.4 Å². The Kier molecular flexibility index (Phi) is 9.19. The summed E-state index contributed by atoms with van der Waals surface area (Å²) in [6.07, 6.45) is 3.59. The molecule has 0 unspecified atom stereocenters. The van der Waals surface area contributed by atoms with Gasteiger partial charge in [0.1, 0.15) is 0 Å². The second kappa shape index (κ2) is 11.6. The van der Waals surface area contributed by atoms with Crippen molar-refractivity contribution >= 4 is 17.8 Å². The number of ether oxygens (including phenoxy) is 2. The second-order valence-corrected chi connectivity index (χ2v) is 7.11. The molecule has 0 N–H and O–H groups in total. The lowest BCUT2D eigenvalue weighted by atomic mass is 10.00. The van der Waals surface area contributed by atoms with Gasteiger partial charge < -0.3 is 14.4 Å². The first-order valence-corrected chi connectivity index (χ1v) is 10.7. The molecule has 0 radical (unpaired) electrons. The van der Waals surface area contributed by atoms with E-state index in [9.17, 15) is 9.59 Å². The number of likely N-dealkylation sites (N-methyl/N-ethyl adjacent to an activating group) is 1. The molecule has 1 saturated heterocycles. The fraction of sp³-hybridized carbons (Fsp3) is 0.565. The lowest BCUT2D eigenvalue weighted by Gasteiger charge is -2.27. The van der Waals surface area contributed by atoms with Gasteiger partial charge in [0.05, 0.1) is 6.61 Å². The molecule has 1 aliphatic rings. The highest BCUT2D eigenvalue weighted by Crippen LogP contribution is 2.30. The molecule has 0 bridgehead atoms. The smallest absolute Gasteiger partial charge is 0.260 e. The van der Waals surface area contributed by atoms with Gasteiger partial charge in [0, 0.05) is 38.2 Å². The lowest BCUT2D eigenvalue weighted by molar-refractivity contribution is -0.133. The van der Waals surface area contributed by atoms with E-state index in [2.05, 4.69) is 11.8 Å². The Morgan fingerprint density at radius 1 is 1.14 bits per heavy atom. The molecule has 1 fully saturated rings. The van der Waals surface area contributed by atoms with Crippen molar-refractivity contribution in [1.82, 2.24) is 9.80 Å². The number of benzene rings is 1. The van der Waals surface area contributed by atoms with Crippen LogP contribution in [0.2, 0.25) is 0 Å². The summed E-state index contributed by atoms with van der Waals surface area (Å²) in [5, 5.41) is 0. The number of hydrogen-bond donors (Lipinski definition) is 0. The van der Waals surface area contributed by atoms with Gasteiger partial charge in [-0.1, -0.05) is 13.0 Å². The summed E-state index contributed by atoms with van der Waals surface area (Å²) in [6, 6.07) is 5.59. The van der Waals surface area contributed by atoms with E-state index in [1.807, 2.05) is 45.0 Å². The molecule has 0 aromatic heterocycles. The quantitative estimate of drug-likeness (QED) is 0.562. The molecule has 6 nitrogen and oxygen atoms in total. The van der Waals surface area contributed by atoms with E-state index in [0.717, 1.165) is 30.6 Å². The van der Waals surface area contributed by atoms with Gasteiger partial charge in [-0.05, 0) is 57.5 Å². The monoisotopic (exact) mass is 402 g/mol. The summed E-state index contributed by atoms with van der Waals surface area (Å²) in [6.45, 7) is 12.3. The first-order chi connectivity index (χ1) is 14.0. The van der Waals surface area contributed by atoms with Crippen LogP contribution in [0.25, 0.3) is 6.08 Å². The molecule has 1 amide bonds. The molecule has 1 aliphatic heterocycles. The van der Waals surface area contributed by atoms with Crippen molar-refractivity contribution in [3.8, 4) is 11.5 Å². The third kappa shape index (κ3) is 6.60. The molecule has 1 aromatic rings. The number of carbonyl (C=O) groups is 2. The summed E-state index contributed by atoms with van der Waals surface area (Å²) >= 11 is 0. The first-order valence-electron chi connectivity index (χ1n) is 10.7. The van der Waals surface area contributed by atoms with Crippen LogP contribution in [0.5, 0.6) is 11.5 Å². The average molecular weight is 403 g/mol. The van der Waals surface area contributed by atoms with Gasteiger partial charge in [-0.25, -0.2) is 0 Å². The number of piperidine rings is 1. The van der Waals surface area contributed by atoms with Crippen LogP contribution in [-0.2, 0) is 9.59 Å². The number of Topliss-reactive ketones (excluding diaryl/α,β-unsaturated/α-hetero) is 1. The van der Waals surface area contributed by atoms with E-state index >= 15 is 0 Å². The number of rotatable bonds is 10. The largest absolute Gasteiger partial charge is 0.490 e. The van der Waals surface area contributed by atoms with E-state index < -0.39 is 0 Å². The predicted molar refractivity (Wildman–Crippen MR) is 115 cm³/mol. The van der Waals surface area contributed by atoms with E-state index in [4.69, 9.17) is 9.47 Å². The topological polar surface area (TPSA) is 59.1 Å². The van der Waals surface area contributed by atoms with Crippen molar-refractivity contribution in [3.63, 3.8) is 0 Å². The SMILES string of the molecule is CCCN1CCC(=O)/C(=C/c2ccc(OCC(=O)N(CC)CC)c(OCC)c2)C1. The number of carbonyl (C=O) groups excluding carboxylic acids is 2. The van der Waals surface area contributed by atoms with Crippen molar-refractivity contribution < 1.29 is 19.1 Å². The summed E-state index contributed by atoms with van der Waals surface area (Å²) in [5.41, 5.74) is 1.73. The van der Waals surface area contributed by atoms with E-state index in [1.165, 1.54) is 0 Å². The zero-order valence-corrected chi connectivity index (χ0v) is 18.2. The Labute approximate surface area is 174 Å².